The van der Waals surface area contributed by atoms with Gasteiger partial charge in [-0.2, -0.15) is 0 Å². The molecule has 1 rings (SSSR count). The number of hydrogen-bond donors (Lipinski definition) is 1. The molecule has 2 unspecified atom stereocenters. The second kappa shape index (κ2) is 10.7. The van der Waals surface area contributed by atoms with E-state index in [4.69, 9.17) is 18.9 Å². The molecule has 1 N–H and O–H groups in total. The van der Waals surface area contributed by atoms with E-state index in [1.807, 2.05) is 0 Å². The first-order chi connectivity index (χ1) is 8.88. The van der Waals surface area contributed by atoms with Gasteiger partial charge < -0.3 is 24.3 Å². The van der Waals surface area contributed by atoms with Gasteiger partial charge >= 0.3 is 0 Å². The lowest BCUT2D eigenvalue weighted by Crippen LogP contribution is -2.48. The molecule has 0 aromatic heterocycles. The maximum Gasteiger partial charge on any atom is 0.0962 e. The van der Waals surface area contributed by atoms with E-state index in [9.17, 15) is 0 Å². The highest BCUT2D eigenvalue weighted by atomic mass is 16.6. The Morgan fingerprint density at radius 1 is 1.22 bits per heavy atom. The molecular formula is C13H27NO4. The zero-order chi connectivity index (χ0) is 13.1. The molecule has 0 aromatic carbocycles. The van der Waals surface area contributed by atoms with E-state index >= 15 is 0 Å². The third-order valence-electron chi connectivity index (χ3n) is 2.95. The number of ether oxygens (including phenoxy) is 4. The first-order valence-electron chi connectivity index (χ1n) is 6.88. The quantitative estimate of drug-likeness (QED) is 0.590. The number of methoxy groups -OCH3 is 1. The van der Waals surface area contributed by atoms with Gasteiger partial charge in [-0.25, -0.2) is 0 Å². The third-order valence-corrected chi connectivity index (χ3v) is 2.95. The summed E-state index contributed by atoms with van der Waals surface area (Å²) in [6.07, 6.45) is 2.32. The van der Waals surface area contributed by atoms with Crippen LogP contribution in [0.1, 0.15) is 19.8 Å². The third kappa shape index (κ3) is 6.66. The molecule has 1 saturated heterocycles. The normalized spacial score (nSPS) is 24.3. The molecule has 1 heterocycles. The highest BCUT2D eigenvalue weighted by Gasteiger charge is 2.25. The summed E-state index contributed by atoms with van der Waals surface area (Å²) >= 11 is 0. The first kappa shape index (κ1) is 15.9. The Labute approximate surface area is 110 Å². The fourth-order valence-corrected chi connectivity index (χ4v) is 1.94. The van der Waals surface area contributed by atoms with Gasteiger partial charge in [-0.3, -0.25) is 0 Å². The van der Waals surface area contributed by atoms with E-state index in [0.29, 0.717) is 39.1 Å². The van der Waals surface area contributed by atoms with Crippen molar-refractivity contribution in [2.45, 2.75) is 31.9 Å². The maximum atomic E-state index is 5.82. The van der Waals surface area contributed by atoms with Crippen molar-refractivity contribution in [1.29, 1.82) is 0 Å². The van der Waals surface area contributed by atoms with Crippen LogP contribution in [-0.4, -0.2) is 65.4 Å². The van der Waals surface area contributed by atoms with Gasteiger partial charge in [-0.15, -0.1) is 0 Å². The molecule has 0 radical (unpaired) electrons. The van der Waals surface area contributed by atoms with Crippen LogP contribution in [0.3, 0.4) is 0 Å². The summed E-state index contributed by atoms with van der Waals surface area (Å²) in [7, 11) is 1.67. The largest absolute Gasteiger partial charge is 0.382 e. The van der Waals surface area contributed by atoms with Crippen LogP contribution in [0.5, 0.6) is 0 Å². The standard InChI is InChI=1S/C13H27NO4/c1-3-5-14-12-4-6-17-11-13(12)18-10-9-16-8-7-15-2/h12-14H,3-11H2,1-2H3. The number of hydrogen-bond acceptors (Lipinski definition) is 5. The molecule has 0 saturated carbocycles. The summed E-state index contributed by atoms with van der Waals surface area (Å²) in [5, 5.41) is 3.52. The Balaban J connectivity index is 2.09. The average molecular weight is 261 g/mol. The van der Waals surface area contributed by atoms with Crippen molar-refractivity contribution in [2.75, 3.05) is 53.3 Å². The molecule has 0 aromatic rings. The van der Waals surface area contributed by atoms with Crippen molar-refractivity contribution in [3.05, 3.63) is 0 Å². The summed E-state index contributed by atoms with van der Waals surface area (Å²) < 4.78 is 21.6. The molecule has 0 spiro atoms. The molecule has 0 bridgehead atoms. The summed E-state index contributed by atoms with van der Waals surface area (Å²) in [5.74, 6) is 0. The minimum atomic E-state index is 0.149. The van der Waals surface area contributed by atoms with E-state index in [2.05, 4.69) is 12.2 Å². The lowest BCUT2D eigenvalue weighted by Gasteiger charge is -2.32. The molecule has 5 nitrogen and oxygen atoms in total. The van der Waals surface area contributed by atoms with Gasteiger partial charge in [-0.1, -0.05) is 6.92 Å². The van der Waals surface area contributed by atoms with Gasteiger partial charge in [0.05, 0.1) is 39.1 Å². The predicted molar refractivity (Wildman–Crippen MR) is 70.0 cm³/mol. The monoisotopic (exact) mass is 261 g/mol. The minimum absolute atomic E-state index is 0.149. The second-order valence-electron chi connectivity index (χ2n) is 4.44. The smallest absolute Gasteiger partial charge is 0.0962 e. The van der Waals surface area contributed by atoms with E-state index in [0.717, 1.165) is 26.0 Å². The van der Waals surface area contributed by atoms with E-state index in [1.54, 1.807) is 7.11 Å². The average Bonchev–Trinajstić information content (AvgIpc) is 2.41. The fourth-order valence-electron chi connectivity index (χ4n) is 1.94. The second-order valence-corrected chi connectivity index (χ2v) is 4.44. The van der Waals surface area contributed by atoms with Gasteiger partial charge in [0.25, 0.3) is 0 Å². The van der Waals surface area contributed by atoms with Gasteiger partial charge in [0.15, 0.2) is 0 Å². The van der Waals surface area contributed by atoms with Crippen LogP contribution in [0.25, 0.3) is 0 Å². The molecule has 1 aliphatic heterocycles. The molecule has 1 fully saturated rings. The summed E-state index contributed by atoms with van der Waals surface area (Å²) in [4.78, 5) is 0. The molecule has 0 aliphatic carbocycles. The van der Waals surface area contributed by atoms with Gasteiger partial charge in [0.1, 0.15) is 0 Å². The Hall–Kier alpha value is -0.200. The predicted octanol–water partition coefficient (Wildman–Crippen LogP) is 0.823. The lowest BCUT2D eigenvalue weighted by molar-refractivity contribution is -0.0827. The topological polar surface area (TPSA) is 49.0 Å². The van der Waals surface area contributed by atoms with Crippen LogP contribution in [0.15, 0.2) is 0 Å². The molecule has 2 atom stereocenters. The molecule has 5 heteroatoms. The van der Waals surface area contributed by atoms with Crippen molar-refractivity contribution in [1.82, 2.24) is 5.32 Å². The molecule has 0 amide bonds. The summed E-state index contributed by atoms with van der Waals surface area (Å²) in [5.41, 5.74) is 0. The Bertz CT molecular complexity index is 192. The summed E-state index contributed by atoms with van der Waals surface area (Å²) in [6, 6.07) is 0.415. The Morgan fingerprint density at radius 3 is 2.83 bits per heavy atom. The minimum Gasteiger partial charge on any atom is -0.382 e. The zero-order valence-corrected chi connectivity index (χ0v) is 11.7. The highest BCUT2D eigenvalue weighted by molar-refractivity contribution is 4.80. The van der Waals surface area contributed by atoms with Gasteiger partial charge in [0.2, 0.25) is 0 Å². The van der Waals surface area contributed by atoms with Crippen LogP contribution in [0, 0.1) is 0 Å². The SMILES string of the molecule is CCCNC1CCOCC1OCCOCCOC. The van der Waals surface area contributed by atoms with Crippen molar-refractivity contribution >= 4 is 0 Å². The maximum absolute atomic E-state index is 5.82. The van der Waals surface area contributed by atoms with Crippen molar-refractivity contribution in [2.24, 2.45) is 0 Å². The van der Waals surface area contributed by atoms with Crippen LogP contribution < -0.4 is 5.32 Å². The van der Waals surface area contributed by atoms with Crippen molar-refractivity contribution in [3.63, 3.8) is 0 Å². The number of rotatable bonds is 10. The Kier molecular flexibility index (Phi) is 9.42. The number of nitrogens with one attached hydrogen (secondary N) is 1. The van der Waals surface area contributed by atoms with Crippen molar-refractivity contribution in [3.8, 4) is 0 Å². The van der Waals surface area contributed by atoms with E-state index in [-0.39, 0.29) is 6.10 Å². The fraction of sp³-hybridized carbons (Fsp3) is 1.00. The first-order valence-corrected chi connectivity index (χ1v) is 6.88. The van der Waals surface area contributed by atoms with Crippen molar-refractivity contribution < 1.29 is 18.9 Å². The lowest BCUT2D eigenvalue weighted by atomic mass is 10.1. The van der Waals surface area contributed by atoms with E-state index < -0.39 is 0 Å². The highest BCUT2D eigenvalue weighted by Crippen LogP contribution is 2.11. The van der Waals surface area contributed by atoms with Crippen LogP contribution in [0.2, 0.25) is 0 Å². The molecule has 18 heavy (non-hydrogen) atoms. The molecule has 108 valence electrons. The van der Waals surface area contributed by atoms with Crippen LogP contribution in [0.4, 0.5) is 0 Å². The summed E-state index contributed by atoms with van der Waals surface area (Å²) in [6.45, 7) is 7.19. The zero-order valence-electron chi connectivity index (χ0n) is 11.7. The Morgan fingerprint density at radius 2 is 2.06 bits per heavy atom. The van der Waals surface area contributed by atoms with Crippen LogP contribution in [-0.2, 0) is 18.9 Å². The van der Waals surface area contributed by atoms with Crippen LogP contribution >= 0.6 is 0 Å². The van der Waals surface area contributed by atoms with Gasteiger partial charge in [-0.05, 0) is 19.4 Å². The van der Waals surface area contributed by atoms with E-state index in [1.165, 1.54) is 0 Å². The van der Waals surface area contributed by atoms with Gasteiger partial charge in [0, 0.05) is 19.8 Å². The molecular weight excluding hydrogens is 234 g/mol. The molecule has 1 aliphatic rings.